The van der Waals surface area contributed by atoms with Gasteiger partial charge >= 0.3 is 0 Å². The summed E-state index contributed by atoms with van der Waals surface area (Å²) >= 11 is 0. The SMILES string of the molecule is CC1(C)[C@@H](CCC(=O)C2CCC(F)(F)CC2)CC[C@@]1(C)N. The van der Waals surface area contributed by atoms with Crippen LogP contribution >= 0.6 is 0 Å². The van der Waals surface area contributed by atoms with Gasteiger partial charge in [0, 0.05) is 30.7 Å². The Labute approximate surface area is 126 Å². The van der Waals surface area contributed by atoms with Crippen LogP contribution in [0.5, 0.6) is 0 Å². The van der Waals surface area contributed by atoms with Crippen LogP contribution in [-0.2, 0) is 4.79 Å². The van der Waals surface area contributed by atoms with Crippen LogP contribution in [0.2, 0.25) is 0 Å². The van der Waals surface area contributed by atoms with Gasteiger partial charge < -0.3 is 5.73 Å². The van der Waals surface area contributed by atoms with Gasteiger partial charge in [-0.05, 0) is 50.4 Å². The first-order valence-electron chi connectivity index (χ1n) is 8.25. The molecule has 2 aliphatic carbocycles. The zero-order valence-corrected chi connectivity index (χ0v) is 13.6. The summed E-state index contributed by atoms with van der Waals surface area (Å²) in [6, 6.07) is 0. The van der Waals surface area contributed by atoms with Crippen molar-refractivity contribution in [2.75, 3.05) is 0 Å². The molecule has 0 aromatic carbocycles. The number of ketones is 1. The predicted molar refractivity (Wildman–Crippen MR) is 80.2 cm³/mol. The summed E-state index contributed by atoms with van der Waals surface area (Å²) in [6.07, 6.45) is 3.90. The molecule has 0 bridgehead atoms. The second-order valence-electron chi connectivity index (χ2n) is 8.01. The standard InChI is InChI=1S/C17H29F2NO/c1-15(2)13(8-9-16(15,3)20)4-5-14(21)12-6-10-17(18,19)11-7-12/h12-13H,4-11,20H2,1-3H3/t13-,16+/m0/s1. The van der Waals surface area contributed by atoms with Crippen molar-refractivity contribution >= 4 is 5.78 Å². The van der Waals surface area contributed by atoms with Crippen molar-refractivity contribution < 1.29 is 13.6 Å². The molecule has 0 unspecified atom stereocenters. The van der Waals surface area contributed by atoms with Crippen LogP contribution in [-0.4, -0.2) is 17.2 Å². The average Bonchev–Trinajstić information content (AvgIpc) is 2.57. The molecule has 0 aliphatic heterocycles. The van der Waals surface area contributed by atoms with Crippen molar-refractivity contribution in [2.45, 2.75) is 83.6 Å². The number of Topliss-reactive ketones (excluding diaryl/α,β-unsaturated/α-hetero) is 1. The van der Waals surface area contributed by atoms with E-state index in [1.54, 1.807) is 0 Å². The maximum absolute atomic E-state index is 13.1. The normalized spacial score (nSPS) is 35.8. The van der Waals surface area contributed by atoms with E-state index in [1.807, 2.05) is 0 Å². The second-order valence-corrected chi connectivity index (χ2v) is 8.01. The molecule has 0 spiro atoms. The molecule has 0 aromatic heterocycles. The van der Waals surface area contributed by atoms with Crippen molar-refractivity contribution in [1.82, 2.24) is 0 Å². The molecule has 2 N–H and O–H groups in total. The van der Waals surface area contributed by atoms with Crippen LogP contribution in [0, 0.1) is 17.3 Å². The van der Waals surface area contributed by atoms with Gasteiger partial charge in [-0.1, -0.05) is 13.8 Å². The third-order valence-electron chi connectivity index (χ3n) is 6.42. The number of alkyl halides is 2. The fourth-order valence-electron chi connectivity index (χ4n) is 4.01. The van der Waals surface area contributed by atoms with E-state index in [2.05, 4.69) is 20.8 Å². The first-order chi connectivity index (χ1) is 9.55. The molecule has 2 nitrogen and oxygen atoms in total. The first kappa shape index (κ1) is 16.9. The lowest BCUT2D eigenvalue weighted by molar-refractivity contribution is -0.127. The minimum Gasteiger partial charge on any atom is -0.325 e. The smallest absolute Gasteiger partial charge is 0.248 e. The molecule has 21 heavy (non-hydrogen) atoms. The largest absolute Gasteiger partial charge is 0.325 e. The van der Waals surface area contributed by atoms with Crippen molar-refractivity contribution in [1.29, 1.82) is 0 Å². The van der Waals surface area contributed by atoms with Gasteiger partial charge in [-0.15, -0.1) is 0 Å². The van der Waals surface area contributed by atoms with E-state index >= 15 is 0 Å². The number of halogens is 2. The Morgan fingerprint density at radius 2 is 1.67 bits per heavy atom. The average molecular weight is 301 g/mol. The summed E-state index contributed by atoms with van der Waals surface area (Å²) in [4.78, 5) is 12.3. The summed E-state index contributed by atoms with van der Waals surface area (Å²) in [7, 11) is 0. The lowest BCUT2D eigenvalue weighted by Gasteiger charge is -2.39. The Morgan fingerprint density at radius 3 is 2.14 bits per heavy atom. The predicted octanol–water partition coefficient (Wildman–Crippen LogP) is 4.31. The molecular weight excluding hydrogens is 272 g/mol. The highest BCUT2D eigenvalue weighted by Crippen LogP contribution is 2.50. The minimum atomic E-state index is -2.55. The highest BCUT2D eigenvalue weighted by Gasteiger charge is 2.48. The lowest BCUT2D eigenvalue weighted by Crippen LogP contribution is -2.48. The molecule has 0 radical (unpaired) electrons. The van der Waals surface area contributed by atoms with Gasteiger partial charge in [-0.3, -0.25) is 4.79 Å². The van der Waals surface area contributed by atoms with E-state index in [0.29, 0.717) is 25.2 Å². The van der Waals surface area contributed by atoms with Gasteiger partial charge in [0.05, 0.1) is 0 Å². The van der Waals surface area contributed by atoms with E-state index < -0.39 is 5.92 Å². The first-order valence-corrected chi connectivity index (χ1v) is 8.25. The molecule has 2 fully saturated rings. The minimum absolute atomic E-state index is 0.0346. The molecular formula is C17H29F2NO. The number of hydrogen-bond donors (Lipinski definition) is 1. The Balaban J connectivity index is 1.83. The number of hydrogen-bond acceptors (Lipinski definition) is 2. The quantitative estimate of drug-likeness (QED) is 0.840. The van der Waals surface area contributed by atoms with Gasteiger partial charge in [-0.25, -0.2) is 8.78 Å². The molecule has 0 amide bonds. The summed E-state index contributed by atoms with van der Waals surface area (Å²) in [5.41, 5.74) is 6.22. The maximum Gasteiger partial charge on any atom is 0.248 e. The topological polar surface area (TPSA) is 43.1 Å². The molecule has 2 aliphatic rings. The number of carbonyl (C=O) groups excluding carboxylic acids is 1. The third kappa shape index (κ3) is 3.46. The summed E-state index contributed by atoms with van der Waals surface area (Å²) in [6.45, 7) is 6.48. The van der Waals surface area contributed by atoms with Crippen LogP contribution in [0.3, 0.4) is 0 Å². The number of carbonyl (C=O) groups is 1. The highest BCUT2D eigenvalue weighted by atomic mass is 19.3. The van der Waals surface area contributed by atoms with Crippen molar-refractivity contribution in [2.24, 2.45) is 23.0 Å². The fourth-order valence-corrected chi connectivity index (χ4v) is 4.01. The highest BCUT2D eigenvalue weighted by molar-refractivity contribution is 5.81. The Morgan fingerprint density at radius 1 is 1.10 bits per heavy atom. The van der Waals surface area contributed by atoms with Gasteiger partial charge in [0.1, 0.15) is 5.78 Å². The molecule has 4 heteroatoms. The van der Waals surface area contributed by atoms with Gasteiger partial charge in [0.2, 0.25) is 5.92 Å². The molecule has 2 rings (SSSR count). The molecule has 122 valence electrons. The summed E-state index contributed by atoms with van der Waals surface area (Å²) < 4.78 is 26.3. The second kappa shape index (κ2) is 5.60. The van der Waals surface area contributed by atoms with E-state index in [1.165, 1.54) is 0 Å². The lowest BCUT2D eigenvalue weighted by atomic mass is 9.70. The van der Waals surface area contributed by atoms with Crippen molar-refractivity contribution in [3.8, 4) is 0 Å². The van der Waals surface area contributed by atoms with E-state index in [4.69, 9.17) is 5.73 Å². The zero-order chi connectivity index (χ0) is 15.9. The van der Waals surface area contributed by atoms with Crippen LogP contribution in [0.1, 0.15) is 72.1 Å². The molecule has 0 aromatic rings. The molecule has 2 saturated carbocycles. The Kier molecular flexibility index (Phi) is 4.50. The van der Waals surface area contributed by atoms with Gasteiger partial charge in [0.15, 0.2) is 0 Å². The zero-order valence-electron chi connectivity index (χ0n) is 13.6. The van der Waals surface area contributed by atoms with Crippen LogP contribution < -0.4 is 5.73 Å². The van der Waals surface area contributed by atoms with Crippen LogP contribution in [0.15, 0.2) is 0 Å². The number of nitrogens with two attached hydrogens (primary N) is 1. The third-order valence-corrected chi connectivity index (χ3v) is 6.42. The van der Waals surface area contributed by atoms with Crippen molar-refractivity contribution in [3.63, 3.8) is 0 Å². The van der Waals surface area contributed by atoms with Crippen LogP contribution in [0.4, 0.5) is 8.78 Å². The van der Waals surface area contributed by atoms with Crippen molar-refractivity contribution in [3.05, 3.63) is 0 Å². The monoisotopic (exact) mass is 301 g/mol. The molecule has 0 heterocycles. The van der Waals surface area contributed by atoms with Gasteiger partial charge in [0.25, 0.3) is 0 Å². The van der Waals surface area contributed by atoms with Crippen LogP contribution in [0.25, 0.3) is 0 Å². The molecule has 2 atom stereocenters. The van der Waals surface area contributed by atoms with E-state index in [-0.39, 0.29) is 35.5 Å². The fraction of sp³-hybridized carbons (Fsp3) is 0.941. The summed E-state index contributed by atoms with van der Waals surface area (Å²) in [5, 5.41) is 0. The Bertz CT molecular complexity index is 394. The van der Waals surface area contributed by atoms with Gasteiger partial charge in [-0.2, -0.15) is 0 Å². The summed E-state index contributed by atoms with van der Waals surface area (Å²) in [5.74, 6) is -2.04. The number of rotatable bonds is 4. The molecule has 0 saturated heterocycles. The Hall–Kier alpha value is -0.510. The van der Waals surface area contributed by atoms with E-state index in [0.717, 1.165) is 19.3 Å². The van der Waals surface area contributed by atoms with E-state index in [9.17, 15) is 13.6 Å². The maximum atomic E-state index is 13.1.